The molecule has 0 fully saturated rings. The average molecular weight is 156 g/mol. The van der Waals surface area contributed by atoms with Crippen molar-refractivity contribution < 1.29 is 18.5 Å². The molecule has 1 N–H and O–H groups in total. The lowest BCUT2D eigenvalue weighted by Crippen LogP contribution is -1.83. The summed E-state index contributed by atoms with van der Waals surface area (Å²) in [5.74, 6) is 0. The molecule has 0 saturated carbocycles. The van der Waals surface area contributed by atoms with E-state index in [-0.39, 0.29) is 17.4 Å². The maximum atomic E-state index is 10.1. The number of rotatable bonds is 2. The quantitative estimate of drug-likeness (QED) is 0.420. The Morgan fingerprint density at radius 1 is 1.38 bits per heavy atom. The van der Waals surface area contributed by atoms with Crippen LogP contribution in [0.25, 0.3) is 0 Å². The van der Waals surface area contributed by atoms with Crippen molar-refractivity contribution in [1.82, 2.24) is 0 Å². The summed E-state index contributed by atoms with van der Waals surface area (Å²) in [6, 6.07) is 0. The summed E-state index contributed by atoms with van der Waals surface area (Å²) in [6.45, 7) is 0. The van der Waals surface area contributed by atoms with Gasteiger partial charge in [0.25, 0.3) is 0 Å². The SMILES string of the molecule is COP(=O)(O)OC.[AlH3]. The molecule has 0 spiro atoms. The summed E-state index contributed by atoms with van der Waals surface area (Å²) in [5.41, 5.74) is 0. The fourth-order valence-corrected chi connectivity index (χ4v) is 0.224. The van der Waals surface area contributed by atoms with E-state index in [2.05, 4.69) is 9.05 Å². The fraction of sp³-hybridized carbons (Fsp3) is 1.00. The third kappa shape index (κ3) is 4.79. The minimum atomic E-state index is -3.65. The Kier molecular flexibility index (Phi) is 6.46. The lowest BCUT2D eigenvalue weighted by molar-refractivity contribution is 0.204. The van der Waals surface area contributed by atoms with E-state index in [0.717, 1.165) is 14.2 Å². The number of hydrogen-bond acceptors (Lipinski definition) is 3. The van der Waals surface area contributed by atoms with Gasteiger partial charge in [0.15, 0.2) is 17.4 Å². The van der Waals surface area contributed by atoms with Gasteiger partial charge in [-0.15, -0.1) is 0 Å². The number of phosphoric acid groups is 1. The molecule has 0 rings (SSSR count). The molecule has 0 atom stereocenters. The molecule has 0 aliphatic carbocycles. The van der Waals surface area contributed by atoms with Crippen molar-refractivity contribution >= 4 is 25.2 Å². The van der Waals surface area contributed by atoms with Gasteiger partial charge in [-0.1, -0.05) is 0 Å². The summed E-state index contributed by atoms with van der Waals surface area (Å²) in [7, 11) is -1.45. The van der Waals surface area contributed by atoms with E-state index < -0.39 is 7.82 Å². The Morgan fingerprint density at radius 2 is 1.62 bits per heavy atom. The average Bonchev–Trinajstić information content (AvgIpc) is 1.68. The normalized spacial score (nSPS) is 10.4. The van der Waals surface area contributed by atoms with E-state index in [4.69, 9.17) is 4.89 Å². The highest BCUT2D eigenvalue weighted by atomic mass is 31.2. The Balaban J connectivity index is 0. The molecule has 0 aromatic rings. The monoisotopic (exact) mass is 156 g/mol. The zero-order valence-corrected chi connectivity index (χ0v) is 5.01. The summed E-state index contributed by atoms with van der Waals surface area (Å²) in [6.07, 6.45) is 0. The van der Waals surface area contributed by atoms with Crippen LogP contribution in [0.2, 0.25) is 0 Å². The molecule has 0 amide bonds. The Bertz CT molecular complexity index is 86.0. The zero-order valence-electron chi connectivity index (χ0n) is 4.12. The van der Waals surface area contributed by atoms with Crippen molar-refractivity contribution in [3.8, 4) is 0 Å². The summed E-state index contributed by atoms with van der Waals surface area (Å²) in [4.78, 5) is 8.24. The lowest BCUT2D eigenvalue weighted by Gasteiger charge is -2.01. The van der Waals surface area contributed by atoms with Crippen LogP contribution in [0, 0.1) is 0 Å². The molecular formula is C2H10AlO4P. The van der Waals surface area contributed by atoms with Crippen LogP contribution >= 0.6 is 7.82 Å². The Morgan fingerprint density at radius 3 is 1.62 bits per heavy atom. The van der Waals surface area contributed by atoms with Crippen molar-refractivity contribution in [2.24, 2.45) is 0 Å². The second-order valence-electron chi connectivity index (χ2n) is 0.834. The van der Waals surface area contributed by atoms with Gasteiger partial charge in [-0.2, -0.15) is 0 Å². The van der Waals surface area contributed by atoms with Gasteiger partial charge in [0.05, 0.1) is 0 Å². The molecule has 8 heavy (non-hydrogen) atoms. The topological polar surface area (TPSA) is 55.8 Å². The first kappa shape index (κ1) is 11.4. The molecular weight excluding hydrogens is 146 g/mol. The second-order valence-corrected chi connectivity index (χ2v) is 2.50. The molecule has 0 saturated heterocycles. The van der Waals surface area contributed by atoms with E-state index >= 15 is 0 Å². The van der Waals surface area contributed by atoms with Gasteiger partial charge in [0.2, 0.25) is 0 Å². The van der Waals surface area contributed by atoms with Gasteiger partial charge in [-0.3, -0.25) is 9.05 Å². The molecule has 0 aliphatic rings. The summed E-state index contributed by atoms with van der Waals surface area (Å²) >= 11 is 0. The second kappa shape index (κ2) is 4.51. The third-order valence-electron chi connectivity index (χ3n) is 0.461. The van der Waals surface area contributed by atoms with Gasteiger partial charge in [-0.05, 0) is 0 Å². The largest absolute Gasteiger partial charge is 0.471 e. The Labute approximate surface area is 58.5 Å². The van der Waals surface area contributed by atoms with Crippen LogP contribution in [0.15, 0.2) is 0 Å². The van der Waals surface area contributed by atoms with E-state index in [9.17, 15) is 4.57 Å². The van der Waals surface area contributed by atoms with Crippen molar-refractivity contribution in [3.63, 3.8) is 0 Å². The summed E-state index contributed by atoms with van der Waals surface area (Å²) < 4.78 is 18.0. The molecule has 4 nitrogen and oxygen atoms in total. The maximum absolute atomic E-state index is 10.1. The van der Waals surface area contributed by atoms with E-state index in [1.54, 1.807) is 0 Å². The van der Waals surface area contributed by atoms with E-state index in [0.29, 0.717) is 0 Å². The Hall–Kier alpha value is 0.642. The van der Waals surface area contributed by atoms with Gasteiger partial charge < -0.3 is 4.89 Å². The van der Waals surface area contributed by atoms with Crippen LogP contribution in [0.5, 0.6) is 0 Å². The standard InChI is InChI=1S/C2H7O4P.Al.3H/c1-5-7(3,4)6-2;;;;/h1-2H3,(H,3,4);;;;. The van der Waals surface area contributed by atoms with Crippen LogP contribution in [-0.4, -0.2) is 36.5 Å². The molecule has 50 valence electrons. The van der Waals surface area contributed by atoms with Crippen LogP contribution in [-0.2, 0) is 13.6 Å². The van der Waals surface area contributed by atoms with Gasteiger partial charge in [0.1, 0.15) is 0 Å². The van der Waals surface area contributed by atoms with Crippen LogP contribution in [0.1, 0.15) is 0 Å². The van der Waals surface area contributed by atoms with Crippen molar-refractivity contribution in [2.75, 3.05) is 14.2 Å². The molecule has 0 unspecified atom stereocenters. The molecule has 0 radical (unpaired) electrons. The minimum Gasteiger partial charge on any atom is -0.303 e. The highest BCUT2D eigenvalue weighted by Crippen LogP contribution is 2.40. The van der Waals surface area contributed by atoms with Gasteiger partial charge in [-0.25, -0.2) is 4.57 Å². The predicted octanol–water partition coefficient (Wildman–Crippen LogP) is -0.804. The zero-order chi connectivity index (χ0) is 5.91. The minimum absolute atomic E-state index is 0. The van der Waals surface area contributed by atoms with Crippen LogP contribution in [0.3, 0.4) is 0 Å². The number of phosphoric ester groups is 1. The molecule has 0 aromatic carbocycles. The van der Waals surface area contributed by atoms with Crippen LogP contribution < -0.4 is 0 Å². The van der Waals surface area contributed by atoms with Gasteiger partial charge in [0, 0.05) is 14.2 Å². The first-order chi connectivity index (χ1) is 3.12. The molecule has 0 bridgehead atoms. The smallest absolute Gasteiger partial charge is 0.303 e. The number of hydrogen-bond donors (Lipinski definition) is 1. The highest BCUT2D eigenvalue weighted by Gasteiger charge is 2.13. The summed E-state index contributed by atoms with van der Waals surface area (Å²) in [5, 5.41) is 0. The van der Waals surface area contributed by atoms with Crippen molar-refractivity contribution in [3.05, 3.63) is 0 Å². The predicted molar refractivity (Wildman–Crippen MR) is 33.8 cm³/mol. The van der Waals surface area contributed by atoms with Crippen molar-refractivity contribution in [2.45, 2.75) is 0 Å². The molecule has 0 aromatic heterocycles. The molecule has 0 heterocycles. The van der Waals surface area contributed by atoms with Crippen LogP contribution in [0.4, 0.5) is 0 Å². The fourth-order valence-electron chi connectivity index (χ4n) is 0.0745. The third-order valence-corrected chi connectivity index (χ3v) is 1.38. The van der Waals surface area contributed by atoms with Crippen molar-refractivity contribution in [1.29, 1.82) is 0 Å². The molecule has 6 heteroatoms. The first-order valence-electron chi connectivity index (χ1n) is 1.56. The van der Waals surface area contributed by atoms with Gasteiger partial charge >= 0.3 is 7.82 Å². The highest BCUT2D eigenvalue weighted by molar-refractivity contribution is 7.47. The molecule has 0 aliphatic heterocycles. The first-order valence-corrected chi connectivity index (χ1v) is 3.06. The van der Waals surface area contributed by atoms with E-state index in [1.165, 1.54) is 0 Å². The maximum Gasteiger partial charge on any atom is 0.471 e. The lowest BCUT2D eigenvalue weighted by atomic mass is 11.8. The van der Waals surface area contributed by atoms with E-state index in [1.807, 2.05) is 0 Å².